The molecular weight excluding hydrogens is 460 g/mol. The largest absolute Gasteiger partial charge is 0.382 e. The Bertz CT molecular complexity index is 1410. The van der Waals surface area contributed by atoms with E-state index < -0.39 is 17.2 Å². The standard InChI is InChI=1S/C17H12ClF2NO.C6H6N4.C2H6/c1-2-11-9-10-5-3-6-12(18)15(10)17(22)21(11)14-8-4-7-13(19)16(14)20;1-4-9-3-5(2-7)6(8)10-4;1-2/h3-9H,2H2,1H3;3H,1H3,(H2,8,9,10);1-2H3. The van der Waals surface area contributed by atoms with Crippen LogP contribution >= 0.6 is 11.6 Å². The molecule has 0 aliphatic rings. The van der Waals surface area contributed by atoms with Crippen molar-refractivity contribution < 1.29 is 8.78 Å². The minimum absolute atomic E-state index is 0.108. The fourth-order valence-electron chi connectivity index (χ4n) is 3.14. The SMILES string of the molecule is CC.CCc1cc2cccc(Cl)c2c(=O)n1-c1cccc(F)c1F.Cc1ncc(C#N)c(N)n1. The van der Waals surface area contributed by atoms with Gasteiger partial charge in [-0.2, -0.15) is 5.26 Å². The molecule has 176 valence electrons. The van der Waals surface area contributed by atoms with Gasteiger partial charge in [0.05, 0.1) is 22.3 Å². The maximum absolute atomic E-state index is 14.1. The van der Waals surface area contributed by atoms with Crippen LogP contribution in [0.3, 0.4) is 0 Å². The van der Waals surface area contributed by atoms with Gasteiger partial charge in [0.1, 0.15) is 23.3 Å². The molecule has 2 heterocycles. The van der Waals surface area contributed by atoms with Gasteiger partial charge in [-0.05, 0) is 43.0 Å². The Balaban J connectivity index is 0.000000286. The number of hydrogen-bond acceptors (Lipinski definition) is 5. The number of fused-ring (bicyclic) bond motifs is 1. The van der Waals surface area contributed by atoms with Crippen LogP contribution in [0.15, 0.2) is 53.5 Å². The number of nitrogen functional groups attached to an aromatic ring is 1. The summed E-state index contributed by atoms with van der Waals surface area (Å²) in [6, 6.07) is 12.5. The van der Waals surface area contributed by atoms with E-state index in [1.165, 1.54) is 22.9 Å². The second kappa shape index (κ2) is 11.9. The summed E-state index contributed by atoms with van der Waals surface area (Å²) in [4.78, 5) is 20.4. The van der Waals surface area contributed by atoms with E-state index in [-0.39, 0.29) is 16.5 Å². The highest BCUT2D eigenvalue weighted by atomic mass is 35.5. The maximum atomic E-state index is 14.1. The van der Waals surface area contributed by atoms with E-state index in [1.807, 2.05) is 26.8 Å². The molecule has 2 N–H and O–H groups in total. The molecule has 0 aliphatic carbocycles. The molecule has 0 spiro atoms. The van der Waals surface area contributed by atoms with Crippen LogP contribution in [-0.2, 0) is 6.42 Å². The number of hydrogen-bond donors (Lipinski definition) is 1. The van der Waals surface area contributed by atoms with E-state index in [9.17, 15) is 13.6 Å². The number of nitriles is 1. The van der Waals surface area contributed by atoms with Crippen LogP contribution in [0.4, 0.5) is 14.6 Å². The highest BCUT2D eigenvalue weighted by Crippen LogP contribution is 2.24. The average Bonchev–Trinajstić information content (AvgIpc) is 2.83. The van der Waals surface area contributed by atoms with Gasteiger partial charge in [0.15, 0.2) is 11.6 Å². The smallest absolute Gasteiger partial charge is 0.264 e. The fourth-order valence-corrected chi connectivity index (χ4v) is 3.40. The normalized spacial score (nSPS) is 9.94. The molecule has 0 amide bonds. The van der Waals surface area contributed by atoms with Gasteiger partial charge in [-0.1, -0.05) is 50.6 Å². The van der Waals surface area contributed by atoms with Crippen LogP contribution < -0.4 is 11.3 Å². The Morgan fingerprint density at radius 3 is 2.47 bits per heavy atom. The van der Waals surface area contributed by atoms with Crippen molar-refractivity contribution in [2.24, 2.45) is 0 Å². The summed E-state index contributed by atoms with van der Waals surface area (Å²) in [7, 11) is 0. The zero-order valence-electron chi connectivity index (χ0n) is 19.2. The van der Waals surface area contributed by atoms with Gasteiger partial charge in [-0.3, -0.25) is 9.36 Å². The van der Waals surface area contributed by atoms with Gasteiger partial charge < -0.3 is 5.73 Å². The van der Waals surface area contributed by atoms with E-state index in [0.717, 1.165) is 6.07 Å². The molecule has 0 saturated heterocycles. The third kappa shape index (κ3) is 5.56. The molecule has 4 aromatic rings. The first-order valence-electron chi connectivity index (χ1n) is 10.5. The zero-order valence-corrected chi connectivity index (χ0v) is 20.0. The van der Waals surface area contributed by atoms with Crippen molar-refractivity contribution in [3.63, 3.8) is 0 Å². The lowest BCUT2D eigenvalue weighted by Gasteiger charge is -2.15. The maximum Gasteiger partial charge on any atom is 0.264 e. The summed E-state index contributed by atoms with van der Waals surface area (Å²) >= 11 is 6.11. The second-order valence-electron chi connectivity index (χ2n) is 6.73. The molecule has 0 atom stereocenters. The third-order valence-corrected chi connectivity index (χ3v) is 4.98. The quantitative estimate of drug-likeness (QED) is 0.391. The Hall–Kier alpha value is -3.83. The topological polar surface area (TPSA) is 97.6 Å². The first-order chi connectivity index (χ1) is 16.3. The van der Waals surface area contributed by atoms with Crippen LogP contribution in [0.25, 0.3) is 16.5 Å². The number of nitrogens with two attached hydrogens (primary N) is 1. The summed E-state index contributed by atoms with van der Waals surface area (Å²) in [5.74, 6) is -1.22. The molecule has 2 aromatic carbocycles. The Morgan fingerprint density at radius 2 is 1.85 bits per heavy atom. The highest BCUT2D eigenvalue weighted by molar-refractivity contribution is 6.35. The van der Waals surface area contributed by atoms with E-state index >= 15 is 0 Å². The monoisotopic (exact) mass is 483 g/mol. The molecular formula is C25H24ClF2N5O. The minimum Gasteiger partial charge on any atom is -0.382 e. The number of halogens is 3. The van der Waals surface area contributed by atoms with Gasteiger partial charge in [-0.15, -0.1) is 0 Å². The Kier molecular flexibility index (Phi) is 9.22. The predicted octanol–water partition coefficient (Wildman–Crippen LogP) is 5.75. The van der Waals surface area contributed by atoms with Crippen LogP contribution in [0.5, 0.6) is 0 Å². The van der Waals surface area contributed by atoms with E-state index in [1.54, 1.807) is 31.2 Å². The molecule has 0 radical (unpaired) electrons. The van der Waals surface area contributed by atoms with Gasteiger partial charge in [-0.25, -0.2) is 18.7 Å². The summed E-state index contributed by atoms with van der Waals surface area (Å²) in [6.07, 6.45) is 1.91. The van der Waals surface area contributed by atoms with E-state index in [4.69, 9.17) is 22.6 Å². The molecule has 9 heteroatoms. The highest BCUT2D eigenvalue weighted by Gasteiger charge is 2.16. The lowest BCUT2D eigenvalue weighted by Crippen LogP contribution is -2.23. The number of nitrogens with zero attached hydrogens (tertiary/aromatic N) is 4. The van der Waals surface area contributed by atoms with Crippen molar-refractivity contribution in [3.05, 3.63) is 92.8 Å². The zero-order chi connectivity index (χ0) is 25.4. The van der Waals surface area contributed by atoms with Crippen LogP contribution in [0.2, 0.25) is 5.02 Å². The van der Waals surface area contributed by atoms with Crippen molar-refractivity contribution in [1.29, 1.82) is 5.26 Å². The fraction of sp³-hybridized carbons (Fsp3) is 0.200. The first-order valence-corrected chi connectivity index (χ1v) is 10.9. The molecule has 0 fully saturated rings. The number of aryl methyl sites for hydroxylation is 2. The Morgan fingerprint density at radius 1 is 1.18 bits per heavy atom. The lowest BCUT2D eigenvalue weighted by molar-refractivity contribution is 0.503. The number of anilines is 1. The third-order valence-electron chi connectivity index (χ3n) is 4.67. The molecule has 2 aromatic heterocycles. The van der Waals surface area contributed by atoms with E-state index in [2.05, 4.69) is 9.97 Å². The second-order valence-corrected chi connectivity index (χ2v) is 7.14. The molecule has 0 saturated carbocycles. The van der Waals surface area contributed by atoms with Crippen molar-refractivity contribution in [2.45, 2.75) is 34.1 Å². The van der Waals surface area contributed by atoms with Gasteiger partial charge in [0.2, 0.25) is 0 Å². The van der Waals surface area contributed by atoms with Gasteiger partial charge in [0.25, 0.3) is 5.56 Å². The molecule has 6 nitrogen and oxygen atoms in total. The lowest BCUT2D eigenvalue weighted by atomic mass is 10.1. The molecule has 34 heavy (non-hydrogen) atoms. The van der Waals surface area contributed by atoms with Crippen molar-refractivity contribution in [2.75, 3.05) is 5.73 Å². The number of aromatic nitrogens is 3. The summed E-state index contributed by atoms with van der Waals surface area (Å²) in [6.45, 7) is 7.57. The van der Waals surface area contributed by atoms with E-state index in [0.29, 0.717) is 34.3 Å². The van der Waals surface area contributed by atoms with Crippen molar-refractivity contribution in [1.82, 2.24) is 14.5 Å². The summed E-state index contributed by atoms with van der Waals surface area (Å²) in [5, 5.41) is 9.67. The average molecular weight is 484 g/mol. The van der Waals surface area contributed by atoms with Crippen molar-refractivity contribution >= 4 is 28.2 Å². The van der Waals surface area contributed by atoms with Crippen LogP contribution in [-0.4, -0.2) is 14.5 Å². The first kappa shape index (κ1) is 26.4. The molecule has 4 rings (SSSR count). The summed E-state index contributed by atoms with van der Waals surface area (Å²) in [5.41, 5.74) is 5.71. The predicted molar refractivity (Wildman–Crippen MR) is 131 cm³/mol. The van der Waals surface area contributed by atoms with Gasteiger partial charge >= 0.3 is 0 Å². The Labute approximate surface area is 201 Å². The molecule has 0 unspecified atom stereocenters. The summed E-state index contributed by atoms with van der Waals surface area (Å²) < 4.78 is 28.8. The van der Waals surface area contributed by atoms with Gasteiger partial charge in [0, 0.05) is 5.69 Å². The number of pyridine rings is 1. The molecule has 0 bridgehead atoms. The van der Waals surface area contributed by atoms with Crippen molar-refractivity contribution in [3.8, 4) is 11.8 Å². The van der Waals surface area contributed by atoms with Crippen LogP contribution in [0.1, 0.15) is 37.9 Å². The van der Waals surface area contributed by atoms with Crippen LogP contribution in [0, 0.1) is 29.9 Å². The number of benzene rings is 2. The minimum atomic E-state index is -1.05. The molecule has 0 aliphatic heterocycles. The number of rotatable bonds is 2.